The van der Waals surface area contributed by atoms with Gasteiger partial charge in [-0.1, -0.05) is 38.1 Å². The van der Waals surface area contributed by atoms with Crippen molar-refractivity contribution in [2.45, 2.75) is 32.7 Å². The number of rotatable bonds is 7. The highest BCUT2D eigenvalue weighted by Crippen LogP contribution is 2.42. The van der Waals surface area contributed by atoms with Gasteiger partial charge in [0.15, 0.2) is 0 Å². The fourth-order valence-corrected chi connectivity index (χ4v) is 3.96. The second-order valence-corrected chi connectivity index (χ2v) is 7.85. The molecule has 1 atom stereocenters. The van der Waals surface area contributed by atoms with Crippen LogP contribution in [0.3, 0.4) is 0 Å². The van der Waals surface area contributed by atoms with E-state index in [4.69, 9.17) is 4.74 Å². The average Bonchev–Trinajstić information content (AvgIpc) is 3.13. The lowest BCUT2D eigenvalue weighted by atomic mass is 9.95. The number of benzene rings is 2. The van der Waals surface area contributed by atoms with Crippen molar-refractivity contribution in [3.05, 3.63) is 95.3 Å². The molecule has 0 aliphatic carbocycles. The number of Topliss-reactive ketones (excluding diaryl/α,β-unsaturated/α-hetero) is 1. The number of ketones is 1. The van der Waals surface area contributed by atoms with Gasteiger partial charge in [0.1, 0.15) is 11.5 Å². The summed E-state index contributed by atoms with van der Waals surface area (Å²) in [6.07, 6.45) is 4.92. The molecule has 0 spiro atoms. The number of nitrogens with zero attached hydrogens (tertiary/aromatic N) is 2. The summed E-state index contributed by atoms with van der Waals surface area (Å²) >= 11 is 0. The number of carbonyl (C=O) groups is 2. The van der Waals surface area contributed by atoms with E-state index < -0.39 is 17.7 Å². The Kier molecular flexibility index (Phi) is 6.54. The Balaban J connectivity index is 1.85. The molecule has 1 N–H and O–H groups in total. The number of hydrogen-bond donors (Lipinski definition) is 1. The van der Waals surface area contributed by atoms with E-state index in [0.29, 0.717) is 29.2 Å². The minimum Gasteiger partial charge on any atom is -0.507 e. The topological polar surface area (TPSA) is 79.7 Å². The van der Waals surface area contributed by atoms with Crippen molar-refractivity contribution in [3.8, 4) is 5.75 Å². The molecule has 1 fully saturated rings. The molecule has 6 nitrogen and oxygen atoms in total. The molecule has 2 aromatic carbocycles. The van der Waals surface area contributed by atoms with Crippen LogP contribution in [-0.2, 0) is 16.0 Å². The number of aromatic nitrogens is 1. The molecule has 4 rings (SSSR count). The van der Waals surface area contributed by atoms with Crippen LogP contribution < -0.4 is 9.64 Å². The number of pyridine rings is 1. The van der Waals surface area contributed by atoms with E-state index in [1.54, 1.807) is 48.8 Å². The summed E-state index contributed by atoms with van der Waals surface area (Å²) < 4.78 is 5.68. The fourth-order valence-electron chi connectivity index (χ4n) is 3.96. The number of aliphatic hydroxyl groups is 1. The van der Waals surface area contributed by atoms with Crippen LogP contribution in [-0.4, -0.2) is 28.4 Å². The van der Waals surface area contributed by atoms with Gasteiger partial charge in [0.2, 0.25) is 0 Å². The lowest BCUT2D eigenvalue weighted by Crippen LogP contribution is -2.29. The van der Waals surface area contributed by atoms with Crippen molar-refractivity contribution >= 4 is 23.1 Å². The van der Waals surface area contributed by atoms with Crippen LogP contribution in [0.2, 0.25) is 0 Å². The normalized spacial score (nSPS) is 17.4. The molecule has 6 heteroatoms. The molecule has 0 bridgehead atoms. The number of aliphatic hydroxyl groups excluding tert-OH is 1. The first-order valence-electron chi connectivity index (χ1n) is 11.1. The number of aryl methyl sites for hydroxylation is 1. The molecule has 33 heavy (non-hydrogen) atoms. The Morgan fingerprint density at radius 1 is 1.03 bits per heavy atom. The van der Waals surface area contributed by atoms with E-state index in [1.807, 2.05) is 31.2 Å². The van der Waals surface area contributed by atoms with Crippen molar-refractivity contribution in [2.24, 2.45) is 0 Å². The zero-order valence-electron chi connectivity index (χ0n) is 18.7. The van der Waals surface area contributed by atoms with Crippen LogP contribution in [0.1, 0.15) is 43.0 Å². The summed E-state index contributed by atoms with van der Waals surface area (Å²) in [6.45, 7) is 4.60. The minimum atomic E-state index is -0.777. The van der Waals surface area contributed by atoms with Gasteiger partial charge in [0, 0.05) is 23.6 Å². The van der Waals surface area contributed by atoms with Gasteiger partial charge in [0.25, 0.3) is 11.7 Å². The van der Waals surface area contributed by atoms with Crippen LogP contribution in [0, 0.1) is 0 Å². The van der Waals surface area contributed by atoms with Crippen LogP contribution in [0.5, 0.6) is 5.75 Å². The SMILES string of the molecule is CCCOc1cccc(/C(O)=C2/C(=O)C(=O)N(c3ccc(CC)cc3)C2c2ccncc2)c1. The molecule has 1 unspecified atom stereocenters. The first kappa shape index (κ1) is 22.3. The molecule has 1 aliphatic rings. The number of carbonyl (C=O) groups excluding carboxylic acids is 2. The summed E-state index contributed by atoms with van der Waals surface area (Å²) in [6, 6.07) is 17.2. The van der Waals surface area contributed by atoms with Gasteiger partial charge >= 0.3 is 0 Å². The van der Waals surface area contributed by atoms with Gasteiger partial charge in [-0.2, -0.15) is 0 Å². The third-order valence-corrected chi connectivity index (χ3v) is 5.67. The number of ether oxygens (including phenoxy) is 1. The molecule has 168 valence electrons. The summed E-state index contributed by atoms with van der Waals surface area (Å²) in [7, 11) is 0. The van der Waals surface area contributed by atoms with Crippen molar-refractivity contribution in [1.29, 1.82) is 0 Å². The fraction of sp³-hybridized carbons (Fsp3) is 0.222. The maximum absolute atomic E-state index is 13.2. The summed E-state index contributed by atoms with van der Waals surface area (Å²) in [4.78, 5) is 31.9. The Bertz CT molecular complexity index is 1190. The smallest absolute Gasteiger partial charge is 0.300 e. The van der Waals surface area contributed by atoms with E-state index in [9.17, 15) is 14.7 Å². The van der Waals surface area contributed by atoms with Crippen LogP contribution in [0.25, 0.3) is 5.76 Å². The van der Waals surface area contributed by atoms with Crippen molar-refractivity contribution < 1.29 is 19.4 Å². The van der Waals surface area contributed by atoms with E-state index >= 15 is 0 Å². The van der Waals surface area contributed by atoms with Gasteiger partial charge in [0.05, 0.1) is 18.2 Å². The number of amides is 1. The highest BCUT2D eigenvalue weighted by Gasteiger charge is 2.46. The van der Waals surface area contributed by atoms with Crippen LogP contribution >= 0.6 is 0 Å². The molecule has 1 aliphatic heterocycles. The van der Waals surface area contributed by atoms with Gasteiger partial charge in [-0.15, -0.1) is 0 Å². The summed E-state index contributed by atoms with van der Waals surface area (Å²) in [5.41, 5.74) is 2.86. The van der Waals surface area contributed by atoms with Crippen molar-refractivity contribution in [1.82, 2.24) is 4.98 Å². The third kappa shape index (κ3) is 4.37. The molecule has 1 saturated heterocycles. The Hall–Kier alpha value is -3.93. The predicted octanol–water partition coefficient (Wildman–Crippen LogP) is 5.06. The molecule has 0 saturated carbocycles. The average molecular weight is 443 g/mol. The lowest BCUT2D eigenvalue weighted by Gasteiger charge is -2.25. The van der Waals surface area contributed by atoms with Gasteiger partial charge < -0.3 is 9.84 Å². The molecule has 2 heterocycles. The largest absolute Gasteiger partial charge is 0.507 e. The summed E-state index contributed by atoms with van der Waals surface area (Å²) in [5, 5.41) is 11.2. The van der Waals surface area contributed by atoms with Gasteiger partial charge in [-0.3, -0.25) is 19.5 Å². The Morgan fingerprint density at radius 3 is 2.42 bits per heavy atom. The van der Waals surface area contributed by atoms with E-state index in [1.165, 1.54) is 4.90 Å². The second-order valence-electron chi connectivity index (χ2n) is 7.85. The molecule has 0 radical (unpaired) electrons. The zero-order valence-corrected chi connectivity index (χ0v) is 18.7. The number of hydrogen-bond acceptors (Lipinski definition) is 5. The highest BCUT2D eigenvalue weighted by molar-refractivity contribution is 6.51. The van der Waals surface area contributed by atoms with Crippen LogP contribution in [0.4, 0.5) is 5.69 Å². The van der Waals surface area contributed by atoms with E-state index in [0.717, 1.165) is 18.4 Å². The molecular weight excluding hydrogens is 416 g/mol. The summed E-state index contributed by atoms with van der Waals surface area (Å²) in [5.74, 6) is -1.05. The van der Waals surface area contributed by atoms with E-state index in [-0.39, 0.29) is 11.3 Å². The predicted molar refractivity (Wildman–Crippen MR) is 127 cm³/mol. The van der Waals surface area contributed by atoms with Gasteiger partial charge in [-0.25, -0.2) is 0 Å². The second kappa shape index (κ2) is 9.69. The molecule has 1 amide bonds. The molecule has 3 aromatic rings. The highest BCUT2D eigenvalue weighted by atomic mass is 16.5. The zero-order chi connectivity index (χ0) is 23.4. The molecule has 1 aromatic heterocycles. The molecular formula is C27H26N2O4. The van der Waals surface area contributed by atoms with Crippen molar-refractivity contribution in [3.63, 3.8) is 0 Å². The van der Waals surface area contributed by atoms with Crippen LogP contribution in [0.15, 0.2) is 78.6 Å². The maximum Gasteiger partial charge on any atom is 0.300 e. The van der Waals surface area contributed by atoms with Gasteiger partial charge in [-0.05, 0) is 60.4 Å². The first-order valence-corrected chi connectivity index (χ1v) is 11.1. The Morgan fingerprint density at radius 2 is 1.76 bits per heavy atom. The lowest BCUT2D eigenvalue weighted by molar-refractivity contribution is -0.132. The minimum absolute atomic E-state index is 0.0402. The first-order chi connectivity index (χ1) is 16.0. The number of anilines is 1. The maximum atomic E-state index is 13.2. The monoisotopic (exact) mass is 442 g/mol. The Labute approximate surface area is 193 Å². The van der Waals surface area contributed by atoms with E-state index in [2.05, 4.69) is 11.9 Å². The third-order valence-electron chi connectivity index (χ3n) is 5.67. The standard InChI is InChI=1S/C27H26N2O4/c1-3-16-33-22-7-5-6-20(17-22)25(30)23-24(19-12-14-28-15-13-19)29(27(32)26(23)31)21-10-8-18(4-2)9-11-21/h5-15,17,24,30H,3-4,16H2,1-2H3/b25-23-. The van der Waals surface area contributed by atoms with Crippen molar-refractivity contribution in [2.75, 3.05) is 11.5 Å². The quantitative estimate of drug-likeness (QED) is 0.314.